The van der Waals surface area contributed by atoms with Crippen LogP contribution in [0.1, 0.15) is 31.9 Å². The molecule has 0 N–H and O–H groups in total. The third kappa shape index (κ3) is 3.50. The summed E-state index contributed by atoms with van der Waals surface area (Å²) in [4.78, 5) is 11.5. The van der Waals surface area contributed by atoms with E-state index in [-0.39, 0.29) is 11.5 Å². The van der Waals surface area contributed by atoms with Crippen molar-refractivity contribution < 1.29 is 18.3 Å². The van der Waals surface area contributed by atoms with E-state index < -0.39 is 11.6 Å². The lowest BCUT2D eigenvalue weighted by atomic mass is 10.0. The zero-order valence-corrected chi connectivity index (χ0v) is 11.4. The highest BCUT2D eigenvalue weighted by Crippen LogP contribution is 2.27. The molecule has 0 aromatic heterocycles. The van der Waals surface area contributed by atoms with E-state index in [1.165, 1.54) is 6.92 Å². The lowest BCUT2D eigenvalue weighted by Gasteiger charge is -2.15. The topological polar surface area (TPSA) is 26.3 Å². The SMILES string of the molecule is C=C(C)O/C(=C(\C)C(C)=O)c1cc(F)c(F)cc1C. The van der Waals surface area contributed by atoms with Crippen molar-refractivity contribution in [2.45, 2.75) is 27.7 Å². The van der Waals surface area contributed by atoms with Gasteiger partial charge in [0.05, 0.1) is 5.76 Å². The van der Waals surface area contributed by atoms with Crippen LogP contribution in [0.3, 0.4) is 0 Å². The molecule has 0 aliphatic rings. The first-order valence-electron chi connectivity index (χ1n) is 5.75. The maximum absolute atomic E-state index is 13.4. The van der Waals surface area contributed by atoms with Crippen LogP contribution in [0.15, 0.2) is 30.0 Å². The predicted molar refractivity (Wildman–Crippen MR) is 70.3 cm³/mol. The number of ether oxygens (including phenoxy) is 1. The summed E-state index contributed by atoms with van der Waals surface area (Å²) >= 11 is 0. The lowest BCUT2D eigenvalue weighted by molar-refractivity contribution is -0.113. The summed E-state index contributed by atoms with van der Waals surface area (Å²) in [6, 6.07) is 2.09. The third-order valence-corrected chi connectivity index (χ3v) is 2.66. The number of ketones is 1. The molecule has 0 heterocycles. The number of carbonyl (C=O) groups excluding carboxylic acids is 1. The van der Waals surface area contributed by atoms with E-state index in [0.717, 1.165) is 12.1 Å². The van der Waals surface area contributed by atoms with Crippen molar-refractivity contribution in [3.63, 3.8) is 0 Å². The molecule has 0 aliphatic carbocycles. The number of allylic oxidation sites excluding steroid dienone is 2. The standard InChI is InChI=1S/C15H16F2O2/c1-8(2)19-15(10(4)11(5)18)12-7-14(17)13(16)6-9(12)3/h6-7H,1H2,2-5H3/b15-10+. The van der Waals surface area contributed by atoms with Crippen LogP contribution in [0, 0.1) is 18.6 Å². The fourth-order valence-electron chi connectivity index (χ4n) is 1.56. The summed E-state index contributed by atoms with van der Waals surface area (Å²) < 4.78 is 31.9. The molecular formula is C15H16F2O2. The van der Waals surface area contributed by atoms with Gasteiger partial charge in [-0.25, -0.2) is 8.78 Å². The zero-order chi connectivity index (χ0) is 14.7. The Bertz CT molecular complexity index is 572. The monoisotopic (exact) mass is 266 g/mol. The second kappa shape index (κ2) is 5.78. The van der Waals surface area contributed by atoms with Crippen molar-refractivity contribution in [1.29, 1.82) is 0 Å². The molecule has 0 amide bonds. The Morgan fingerprint density at radius 3 is 2.16 bits per heavy atom. The maximum atomic E-state index is 13.4. The Balaban J connectivity index is 3.50. The summed E-state index contributed by atoms with van der Waals surface area (Å²) in [6.45, 7) is 9.78. The summed E-state index contributed by atoms with van der Waals surface area (Å²) in [7, 11) is 0. The van der Waals surface area contributed by atoms with Gasteiger partial charge in [-0.3, -0.25) is 4.79 Å². The molecule has 1 rings (SSSR count). The molecule has 19 heavy (non-hydrogen) atoms. The van der Waals surface area contributed by atoms with Gasteiger partial charge < -0.3 is 4.74 Å². The van der Waals surface area contributed by atoms with Crippen LogP contribution in [0.25, 0.3) is 5.76 Å². The van der Waals surface area contributed by atoms with Gasteiger partial charge >= 0.3 is 0 Å². The van der Waals surface area contributed by atoms with Gasteiger partial charge in [0.25, 0.3) is 0 Å². The molecule has 0 fully saturated rings. The molecule has 0 radical (unpaired) electrons. The smallest absolute Gasteiger partial charge is 0.159 e. The molecule has 2 nitrogen and oxygen atoms in total. The van der Waals surface area contributed by atoms with Gasteiger partial charge in [0.2, 0.25) is 0 Å². The van der Waals surface area contributed by atoms with Gasteiger partial charge in [-0.05, 0) is 45.4 Å². The van der Waals surface area contributed by atoms with Crippen molar-refractivity contribution in [3.05, 3.63) is 52.8 Å². The Kier molecular flexibility index (Phi) is 4.59. The number of halogens is 2. The number of benzene rings is 1. The Morgan fingerprint density at radius 1 is 1.16 bits per heavy atom. The normalized spacial score (nSPS) is 11.9. The van der Waals surface area contributed by atoms with E-state index in [0.29, 0.717) is 22.5 Å². The third-order valence-electron chi connectivity index (χ3n) is 2.66. The van der Waals surface area contributed by atoms with E-state index >= 15 is 0 Å². The molecule has 0 saturated heterocycles. The van der Waals surface area contributed by atoms with E-state index in [4.69, 9.17) is 4.74 Å². The summed E-state index contributed by atoms with van der Waals surface area (Å²) in [6.07, 6.45) is 0. The van der Waals surface area contributed by atoms with Gasteiger partial charge in [-0.15, -0.1) is 0 Å². The van der Waals surface area contributed by atoms with E-state index in [1.807, 2.05) is 0 Å². The second-order valence-electron chi connectivity index (χ2n) is 4.40. The van der Waals surface area contributed by atoms with Crippen molar-refractivity contribution in [1.82, 2.24) is 0 Å². The highest BCUT2D eigenvalue weighted by atomic mass is 19.2. The molecule has 0 aliphatic heterocycles. The number of Topliss-reactive ketones (excluding diaryl/α,β-unsaturated/α-hetero) is 1. The first-order chi connectivity index (χ1) is 8.73. The number of aryl methyl sites for hydroxylation is 1. The molecule has 0 spiro atoms. The largest absolute Gasteiger partial charge is 0.462 e. The first kappa shape index (κ1) is 15.1. The van der Waals surface area contributed by atoms with Crippen LogP contribution in [0.4, 0.5) is 8.78 Å². The Labute approximate surface area is 111 Å². The van der Waals surface area contributed by atoms with Crippen LogP contribution in [0.2, 0.25) is 0 Å². The predicted octanol–water partition coefficient (Wildman–Crippen LogP) is 4.14. The quantitative estimate of drug-likeness (QED) is 0.604. The fraction of sp³-hybridized carbons (Fsp3) is 0.267. The first-order valence-corrected chi connectivity index (χ1v) is 5.75. The Morgan fingerprint density at radius 2 is 1.68 bits per heavy atom. The van der Waals surface area contributed by atoms with Crippen LogP contribution >= 0.6 is 0 Å². The second-order valence-corrected chi connectivity index (χ2v) is 4.40. The number of carbonyl (C=O) groups is 1. The van der Waals surface area contributed by atoms with Gasteiger partial charge in [-0.2, -0.15) is 0 Å². The molecular weight excluding hydrogens is 250 g/mol. The molecule has 0 atom stereocenters. The van der Waals surface area contributed by atoms with Crippen molar-refractivity contribution in [2.75, 3.05) is 0 Å². The average molecular weight is 266 g/mol. The maximum Gasteiger partial charge on any atom is 0.159 e. The van der Waals surface area contributed by atoms with Gasteiger partial charge in [0, 0.05) is 11.1 Å². The summed E-state index contributed by atoms with van der Waals surface area (Å²) in [5.41, 5.74) is 1.16. The minimum absolute atomic E-state index is 0.205. The molecule has 0 bridgehead atoms. The zero-order valence-electron chi connectivity index (χ0n) is 11.4. The molecule has 4 heteroatoms. The average Bonchev–Trinajstić information content (AvgIpc) is 2.30. The highest BCUT2D eigenvalue weighted by Gasteiger charge is 2.17. The van der Waals surface area contributed by atoms with E-state index in [1.54, 1.807) is 20.8 Å². The summed E-state index contributed by atoms with van der Waals surface area (Å²) in [5, 5.41) is 0. The van der Waals surface area contributed by atoms with Crippen molar-refractivity contribution in [3.8, 4) is 0 Å². The number of hydrogen-bond acceptors (Lipinski definition) is 2. The number of rotatable bonds is 4. The minimum atomic E-state index is -0.986. The van der Waals surface area contributed by atoms with Crippen molar-refractivity contribution in [2.24, 2.45) is 0 Å². The van der Waals surface area contributed by atoms with E-state index in [9.17, 15) is 13.6 Å². The Hall–Kier alpha value is -1.97. The number of hydrogen-bond donors (Lipinski definition) is 0. The summed E-state index contributed by atoms with van der Waals surface area (Å²) in [5.74, 6) is -1.56. The fourth-order valence-corrected chi connectivity index (χ4v) is 1.56. The van der Waals surface area contributed by atoms with Gasteiger partial charge in [-0.1, -0.05) is 6.58 Å². The van der Waals surface area contributed by atoms with Crippen LogP contribution < -0.4 is 0 Å². The molecule has 0 saturated carbocycles. The molecule has 1 aromatic rings. The highest BCUT2D eigenvalue weighted by molar-refractivity contribution is 5.99. The van der Waals surface area contributed by atoms with Crippen LogP contribution in [-0.4, -0.2) is 5.78 Å². The van der Waals surface area contributed by atoms with Gasteiger partial charge in [0.15, 0.2) is 17.4 Å². The minimum Gasteiger partial charge on any atom is -0.462 e. The van der Waals surface area contributed by atoms with Crippen LogP contribution in [0.5, 0.6) is 0 Å². The molecule has 1 aromatic carbocycles. The van der Waals surface area contributed by atoms with Gasteiger partial charge in [0.1, 0.15) is 5.76 Å². The molecule has 102 valence electrons. The van der Waals surface area contributed by atoms with Crippen molar-refractivity contribution >= 4 is 11.5 Å². The molecule has 0 unspecified atom stereocenters. The lowest BCUT2D eigenvalue weighted by Crippen LogP contribution is -2.03. The van der Waals surface area contributed by atoms with E-state index in [2.05, 4.69) is 6.58 Å². The van der Waals surface area contributed by atoms with Crippen LogP contribution in [-0.2, 0) is 9.53 Å².